The quantitative estimate of drug-likeness (QED) is 0.0614. The zero-order chi connectivity index (χ0) is 33.8. The molecule has 0 fully saturated rings. The number of rotatable bonds is 16. The van der Waals surface area contributed by atoms with Crippen molar-refractivity contribution in [2.45, 2.75) is 57.7 Å². The third kappa shape index (κ3) is 10.9. The van der Waals surface area contributed by atoms with Crippen LogP contribution < -0.4 is 38.9 Å². The van der Waals surface area contributed by atoms with Gasteiger partial charge in [0, 0.05) is 13.0 Å². The molecular formula is C32H42N8O5S. The minimum atomic E-state index is -1.09. The fourth-order valence-electron chi connectivity index (χ4n) is 4.93. The molecule has 0 aliphatic carbocycles. The first-order valence-electron chi connectivity index (χ1n) is 14.7. The molecule has 1 heterocycles. The number of hydrogen-bond donors (Lipinski definition) is 8. The number of aromatic hydroxyl groups is 1. The Morgan fingerprint density at radius 1 is 0.870 bits per heavy atom. The molecule has 0 saturated carbocycles. The summed E-state index contributed by atoms with van der Waals surface area (Å²) in [5.41, 5.74) is 27.5. The summed E-state index contributed by atoms with van der Waals surface area (Å²) in [7, 11) is 0. The molecule has 0 saturated heterocycles. The van der Waals surface area contributed by atoms with Crippen LogP contribution in [0.2, 0.25) is 0 Å². The van der Waals surface area contributed by atoms with Crippen molar-refractivity contribution in [3.05, 3.63) is 75.5 Å². The normalized spacial score (nSPS) is 12.8. The molecule has 0 radical (unpaired) electrons. The summed E-state index contributed by atoms with van der Waals surface area (Å²) in [5.74, 6) is -2.56. The monoisotopic (exact) mass is 650 g/mol. The molecule has 3 rings (SSSR count). The van der Waals surface area contributed by atoms with E-state index in [9.17, 15) is 24.3 Å². The molecule has 0 aliphatic rings. The van der Waals surface area contributed by atoms with E-state index in [1.54, 1.807) is 23.5 Å². The lowest BCUT2D eigenvalue weighted by Gasteiger charge is -2.24. The predicted molar refractivity (Wildman–Crippen MR) is 179 cm³/mol. The summed E-state index contributed by atoms with van der Waals surface area (Å²) in [6.07, 6.45) is 0.757. The lowest BCUT2D eigenvalue weighted by Crippen LogP contribution is -2.57. The number of aliphatic imine (C=N–C) groups is 1. The van der Waals surface area contributed by atoms with E-state index in [4.69, 9.17) is 22.9 Å². The Kier molecular flexibility index (Phi) is 13.1. The standard InChI is InChI=1S/C32H42N8O5S/c1-18-12-23(41)13-19(2)24(18)15-25(33)29(43)39-26(4-3-10-37-32(35)36)31(45)40-27(30(44)38-16-28(34)42)14-20-5-7-21(8-6-20)22-9-11-46-17-22/h5-9,11-13,17,25-27,41H,3-4,10,14-16,33H2,1-2H3,(H2,34,42)(H,38,44)(H,39,43)(H,40,45)(H4,35,36,37)/t25-,26+,27-/m0/s1. The molecular weight excluding hydrogens is 608 g/mol. The summed E-state index contributed by atoms with van der Waals surface area (Å²) in [5, 5.41) is 21.8. The van der Waals surface area contributed by atoms with E-state index in [0.29, 0.717) is 6.42 Å². The molecule has 13 nitrogen and oxygen atoms in total. The third-order valence-electron chi connectivity index (χ3n) is 7.34. The first-order valence-corrected chi connectivity index (χ1v) is 15.7. The largest absolute Gasteiger partial charge is 0.508 e. The van der Waals surface area contributed by atoms with Crippen molar-refractivity contribution in [1.29, 1.82) is 0 Å². The number of phenols is 1. The van der Waals surface area contributed by atoms with Gasteiger partial charge in [-0.2, -0.15) is 11.3 Å². The topological polar surface area (TPSA) is 241 Å². The second-order valence-corrected chi connectivity index (χ2v) is 11.8. The van der Waals surface area contributed by atoms with E-state index in [0.717, 1.165) is 33.4 Å². The number of amides is 4. The Balaban J connectivity index is 1.78. The number of hydrogen-bond acceptors (Lipinski definition) is 8. The van der Waals surface area contributed by atoms with E-state index in [-0.39, 0.29) is 37.5 Å². The van der Waals surface area contributed by atoms with Crippen LogP contribution in [-0.2, 0) is 32.0 Å². The molecule has 0 aliphatic heterocycles. The summed E-state index contributed by atoms with van der Waals surface area (Å²) in [6.45, 7) is 3.42. The molecule has 0 unspecified atom stereocenters. The maximum Gasteiger partial charge on any atom is 0.243 e. The van der Waals surface area contributed by atoms with Gasteiger partial charge < -0.3 is 44.0 Å². The van der Waals surface area contributed by atoms with E-state index in [2.05, 4.69) is 20.9 Å². The Morgan fingerprint density at radius 2 is 1.52 bits per heavy atom. The van der Waals surface area contributed by atoms with Crippen molar-refractivity contribution in [2.24, 2.45) is 27.9 Å². The van der Waals surface area contributed by atoms with Gasteiger partial charge in [0.15, 0.2) is 5.96 Å². The highest BCUT2D eigenvalue weighted by Gasteiger charge is 2.29. The summed E-state index contributed by atoms with van der Waals surface area (Å²) in [6, 6.07) is 9.55. The fourth-order valence-corrected chi connectivity index (χ4v) is 5.60. The summed E-state index contributed by atoms with van der Waals surface area (Å²) < 4.78 is 0. The molecule has 1 aromatic heterocycles. The fraction of sp³-hybridized carbons (Fsp3) is 0.344. The van der Waals surface area contributed by atoms with Crippen molar-refractivity contribution < 1.29 is 24.3 Å². The number of nitrogens with zero attached hydrogens (tertiary/aromatic N) is 1. The third-order valence-corrected chi connectivity index (χ3v) is 8.02. The van der Waals surface area contributed by atoms with Gasteiger partial charge in [0.25, 0.3) is 0 Å². The first kappa shape index (κ1) is 35.5. The minimum absolute atomic E-state index is 0.105. The number of primary amides is 1. The van der Waals surface area contributed by atoms with Gasteiger partial charge in [0.2, 0.25) is 23.6 Å². The van der Waals surface area contributed by atoms with Crippen LogP contribution in [0.5, 0.6) is 5.75 Å². The van der Waals surface area contributed by atoms with Gasteiger partial charge in [-0.15, -0.1) is 0 Å². The Hall–Kier alpha value is -4.95. The van der Waals surface area contributed by atoms with Crippen molar-refractivity contribution >= 4 is 40.9 Å². The average molecular weight is 651 g/mol. The number of nitrogens with two attached hydrogens (primary N) is 4. The number of thiophene rings is 1. The molecule has 3 atom stereocenters. The lowest BCUT2D eigenvalue weighted by atomic mass is 9.95. The summed E-state index contributed by atoms with van der Waals surface area (Å²) >= 11 is 1.58. The van der Waals surface area contributed by atoms with Gasteiger partial charge in [-0.1, -0.05) is 24.3 Å². The van der Waals surface area contributed by atoms with Gasteiger partial charge >= 0.3 is 0 Å². The van der Waals surface area contributed by atoms with Crippen LogP contribution in [0.3, 0.4) is 0 Å². The number of phenolic OH excluding ortho intramolecular Hbond substituents is 1. The Bertz CT molecular complexity index is 1520. The number of carbonyl (C=O) groups excluding carboxylic acids is 4. The minimum Gasteiger partial charge on any atom is -0.508 e. The van der Waals surface area contributed by atoms with Crippen LogP contribution in [0.15, 0.2) is 58.2 Å². The van der Waals surface area contributed by atoms with Crippen molar-refractivity contribution in [2.75, 3.05) is 13.1 Å². The van der Waals surface area contributed by atoms with Crippen molar-refractivity contribution in [3.8, 4) is 16.9 Å². The molecule has 4 amide bonds. The second kappa shape index (κ2) is 16.9. The molecule has 0 spiro atoms. The maximum atomic E-state index is 13.6. The van der Waals surface area contributed by atoms with E-state index in [1.165, 1.54) is 0 Å². The van der Waals surface area contributed by atoms with E-state index < -0.39 is 48.3 Å². The molecule has 0 bridgehead atoms. The van der Waals surface area contributed by atoms with Crippen molar-refractivity contribution in [1.82, 2.24) is 16.0 Å². The first-order chi connectivity index (χ1) is 21.8. The smallest absolute Gasteiger partial charge is 0.243 e. The van der Waals surface area contributed by atoms with Crippen LogP contribution in [-0.4, -0.2) is 65.9 Å². The molecule has 246 valence electrons. The van der Waals surface area contributed by atoms with Crippen LogP contribution in [0.25, 0.3) is 11.1 Å². The van der Waals surface area contributed by atoms with E-state index in [1.807, 2.05) is 54.9 Å². The van der Waals surface area contributed by atoms with Gasteiger partial charge in [-0.25, -0.2) is 0 Å². The highest BCUT2D eigenvalue weighted by atomic mass is 32.1. The number of benzene rings is 2. The lowest BCUT2D eigenvalue weighted by molar-refractivity contribution is -0.133. The number of aryl methyl sites for hydroxylation is 2. The molecule has 14 heteroatoms. The Labute approximate surface area is 271 Å². The zero-order valence-corrected chi connectivity index (χ0v) is 26.7. The number of nitrogens with one attached hydrogen (secondary N) is 3. The average Bonchev–Trinajstić information content (AvgIpc) is 3.54. The highest BCUT2D eigenvalue weighted by Crippen LogP contribution is 2.23. The molecule has 3 aromatic rings. The van der Waals surface area contributed by atoms with E-state index >= 15 is 0 Å². The molecule has 46 heavy (non-hydrogen) atoms. The van der Waals surface area contributed by atoms with Gasteiger partial charge in [0.1, 0.15) is 17.8 Å². The highest BCUT2D eigenvalue weighted by molar-refractivity contribution is 7.08. The van der Waals surface area contributed by atoms with Crippen LogP contribution >= 0.6 is 11.3 Å². The summed E-state index contributed by atoms with van der Waals surface area (Å²) in [4.78, 5) is 55.3. The van der Waals surface area contributed by atoms with Crippen LogP contribution in [0, 0.1) is 13.8 Å². The van der Waals surface area contributed by atoms with Crippen LogP contribution in [0.1, 0.15) is 35.1 Å². The zero-order valence-electron chi connectivity index (χ0n) is 25.9. The maximum absolute atomic E-state index is 13.6. The number of guanidine groups is 1. The SMILES string of the molecule is Cc1cc(O)cc(C)c1C[C@H](N)C(=O)N[C@H](CCCN=C(N)N)C(=O)N[C@@H](Cc1ccc(-c2ccsc2)cc1)C(=O)NCC(N)=O. The molecule has 2 aromatic carbocycles. The molecule has 12 N–H and O–H groups in total. The van der Waals surface area contributed by atoms with Crippen molar-refractivity contribution in [3.63, 3.8) is 0 Å². The second-order valence-electron chi connectivity index (χ2n) is 11.0. The van der Waals surface area contributed by atoms with Gasteiger partial charge in [-0.3, -0.25) is 24.2 Å². The van der Waals surface area contributed by atoms with Gasteiger partial charge in [0.05, 0.1) is 12.6 Å². The number of carbonyl (C=O) groups is 4. The van der Waals surface area contributed by atoms with Gasteiger partial charge in [-0.05, 0) is 95.4 Å². The van der Waals surface area contributed by atoms with Crippen LogP contribution in [0.4, 0.5) is 0 Å². The Morgan fingerprint density at radius 3 is 2.11 bits per heavy atom. The predicted octanol–water partition coefficient (Wildman–Crippen LogP) is 0.475.